The molecule has 0 spiro atoms. The lowest BCUT2D eigenvalue weighted by Gasteiger charge is -2.25. The highest BCUT2D eigenvalue weighted by atomic mass is 17.1. The van der Waals surface area contributed by atoms with Crippen LogP contribution in [0.1, 0.15) is 52.9 Å². The van der Waals surface area contributed by atoms with E-state index >= 15 is 0 Å². The summed E-state index contributed by atoms with van der Waals surface area (Å²) in [6, 6.07) is 0. The standard InChI is InChI=1S/C7H16O2.C4H9NO/c1-4-7(5-2,6-3)9-8;5-3-1-2-4-6/h8H,4-6H2,1-3H3;4H,1-3,5H2. The third-order valence-electron chi connectivity index (χ3n) is 2.65. The fourth-order valence-electron chi connectivity index (χ4n) is 1.14. The molecule has 4 nitrogen and oxygen atoms in total. The van der Waals surface area contributed by atoms with E-state index in [0.29, 0.717) is 13.0 Å². The monoisotopic (exact) mass is 219 g/mol. The zero-order chi connectivity index (χ0) is 12.2. The Kier molecular flexibility index (Phi) is 13.1. The van der Waals surface area contributed by atoms with Gasteiger partial charge in [-0.2, -0.15) is 0 Å². The summed E-state index contributed by atoms with van der Waals surface area (Å²) < 4.78 is 0. The summed E-state index contributed by atoms with van der Waals surface area (Å²) in [5.74, 6) is 0. The van der Waals surface area contributed by atoms with Crippen LogP contribution in [0.5, 0.6) is 0 Å². The van der Waals surface area contributed by atoms with Gasteiger partial charge in [-0.15, -0.1) is 0 Å². The van der Waals surface area contributed by atoms with Gasteiger partial charge in [0.15, 0.2) is 0 Å². The first-order valence-corrected chi connectivity index (χ1v) is 5.62. The molecule has 4 heteroatoms. The molecule has 0 aliphatic rings. The summed E-state index contributed by atoms with van der Waals surface area (Å²) >= 11 is 0. The molecule has 0 amide bonds. The maximum absolute atomic E-state index is 9.51. The predicted molar refractivity (Wildman–Crippen MR) is 61.7 cm³/mol. The molecule has 0 aromatic rings. The molecular weight excluding hydrogens is 194 g/mol. The zero-order valence-corrected chi connectivity index (χ0v) is 10.2. The van der Waals surface area contributed by atoms with E-state index in [-0.39, 0.29) is 5.60 Å². The number of rotatable bonds is 7. The fourth-order valence-corrected chi connectivity index (χ4v) is 1.14. The Hall–Kier alpha value is -0.450. The van der Waals surface area contributed by atoms with Crippen molar-refractivity contribution in [1.29, 1.82) is 0 Å². The molecule has 0 aliphatic heterocycles. The van der Waals surface area contributed by atoms with Crippen LogP contribution < -0.4 is 5.73 Å². The first kappa shape index (κ1) is 17.0. The number of carbonyl (C=O) groups is 1. The minimum Gasteiger partial charge on any atom is -0.330 e. The molecule has 92 valence electrons. The summed E-state index contributed by atoms with van der Waals surface area (Å²) in [6.07, 6.45) is 4.93. The van der Waals surface area contributed by atoms with Gasteiger partial charge < -0.3 is 10.5 Å². The topological polar surface area (TPSA) is 72.6 Å². The van der Waals surface area contributed by atoms with Crippen molar-refractivity contribution in [2.75, 3.05) is 6.54 Å². The van der Waals surface area contributed by atoms with Crippen LogP contribution in [0, 0.1) is 0 Å². The lowest BCUT2D eigenvalue weighted by Crippen LogP contribution is -2.28. The Morgan fingerprint density at radius 1 is 1.27 bits per heavy atom. The Balaban J connectivity index is 0. The number of carbonyl (C=O) groups excluding carboxylic acids is 1. The normalized spacial score (nSPS) is 10.5. The van der Waals surface area contributed by atoms with Crippen LogP contribution in [0.2, 0.25) is 0 Å². The summed E-state index contributed by atoms with van der Waals surface area (Å²) in [6.45, 7) is 6.68. The Bertz CT molecular complexity index is 118. The molecule has 0 radical (unpaired) electrons. The van der Waals surface area contributed by atoms with Gasteiger partial charge in [0.2, 0.25) is 0 Å². The highest BCUT2D eigenvalue weighted by Gasteiger charge is 2.24. The second-order valence-electron chi connectivity index (χ2n) is 3.43. The van der Waals surface area contributed by atoms with Gasteiger partial charge in [0.25, 0.3) is 0 Å². The number of unbranched alkanes of at least 4 members (excludes halogenated alkanes) is 1. The molecular formula is C11H25NO3. The molecule has 0 atom stereocenters. The van der Waals surface area contributed by atoms with Crippen molar-refractivity contribution in [3.05, 3.63) is 0 Å². The van der Waals surface area contributed by atoms with Crippen LogP contribution in [0.4, 0.5) is 0 Å². The molecule has 0 aromatic carbocycles. The Morgan fingerprint density at radius 2 is 1.73 bits per heavy atom. The molecule has 0 rings (SSSR count). The van der Waals surface area contributed by atoms with E-state index < -0.39 is 0 Å². The summed E-state index contributed by atoms with van der Waals surface area (Å²) in [5.41, 5.74) is 4.78. The van der Waals surface area contributed by atoms with Gasteiger partial charge in [-0.1, -0.05) is 20.8 Å². The summed E-state index contributed by atoms with van der Waals surface area (Å²) in [5, 5.41) is 8.48. The second-order valence-corrected chi connectivity index (χ2v) is 3.43. The predicted octanol–water partition coefficient (Wildman–Crippen LogP) is 2.37. The van der Waals surface area contributed by atoms with Gasteiger partial charge in [-0.3, -0.25) is 5.26 Å². The average molecular weight is 219 g/mol. The lowest BCUT2D eigenvalue weighted by atomic mass is 9.95. The number of nitrogens with two attached hydrogens (primary N) is 1. The Morgan fingerprint density at radius 3 is 1.80 bits per heavy atom. The van der Waals surface area contributed by atoms with Gasteiger partial charge in [0.05, 0.1) is 0 Å². The molecule has 0 bridgehead atoms. The smallest absolute Gasteiger partial charge is 0.120 e. The van der Waals surface area contributed by atoms with Crippen molar-refractivity contribution < 1.29 is 14.9 Å². The van der Waals surface area contributed by atoms with Gasteiger partial charge >= 0.3 is 0 Å². The molecule has 0 aromatic heterocycles. The average Bonchev–Trinajstić information content (AvgIpc) is 2.31. The van der Waals surface area contributed by atoms with E-state index in [1.54, 1.807) is 0 Å². The van der Waals surface area contributed by atoms with Crippen LogP contribution in [-0.2, 0) is 9.68 Å². The van der Waals surface area contributed by atoms with Crippen LogP contribution >= 0.6 is 0 Å². The highest BCUT2D eigenvalue weighted by Crippen LogP contribution is 2.22. The quantitative estimate of drug-likeness (QED) is 0.298. The minimum atomic E-state index is -0.278. The molecule has 0 fully saturated rings. The largest absolute Gasteiger partial charge is 0.330 e. The maximum Gasteiger partial charge on any atom is 0.120 e. The van der Waals surface area contributed by atoms with Crippen LogP contribution in [0.25, 0.3) is 0 Å². The van der Waals surface area contributed by atoms with Crippen molar-refractivity contribution >= 4 is 6.29 Å². The Labute approximate surface area is 92.7 Å². The van der Waals surface area contributed by atoms with E-state index in [1.165, 1.54) is 0 Å². The SMILES string of the molecule is CCC(CC)(CC)OO.NCCCC=O. The van der Waals surface area contributed by atoms with Crippen LogP contribution in [0.15, 0.2) is 0 Å². The molecule has 0 aliphatic carbocycles. The van der Waals surface area contributed by atoms with Gasteiger partial charge in [-0.25, -0.2) is 4.89 Å². The third kappa shape index (κ3) is 8.54. The van der Waals surface area contributed by atoms with Crippen LogP contribution in [0.3, 0.4) is 0 Å². The van der Waals surface area contributed by atoms with E-state index in [2.05, 4.69) is 4.89 Å². The molecule has 15 heavy (non-hydrogen) atoms. The van der Waals surface area contributed by atoms with Crippen molar-refractivity contribution in [1.82, 2.24) is 0 Å². The molecule has 3 N–H and O–H groups in total. The van der Waals surface area contributed by atoms with E-state index in [1.807, 2.05) is 20.8 Å². The summed E-state index contributed by atoms with van der Waals surface area (Å²) in [4.78, 5) is 13.9. The first-order chi connectivity index (χ1) is 7.16. The van der Waals surface area contributed by atoms with Gasteiger partial charge in [0.1, 0.15) is 11.9 Å². The van der Waals surface area contributed by atoms with Crippen molar-refractivity contribution in [3.8, 4) is 0 Å². The summed E-state index contributed by atoms with van der Waals surface area (Å²) in [7, 11) is 0. The van der Waals surface area contributed by atoms with Gasteiger partial charge in [0, 0.05) is 6.42 Å². The number of hydrogen-bond donors (Lipinski definition) is 2. The third-order valence-corrected chi connectivity index (χ3v) is 2.65. The van der Waals surface area contributed by atoms with E-state index in [4.69, 9.17) is 11.0 Å². The van der Waals surface area contributed by atoms with E-state index in [9.17, 15) is 4.79 Å². The lowest BCUT2D eigenvalue weighted by molar-refractivity contribution is -0.326. The fraction of sp³-hybridized carbons (Fsp3) is 0.909. The first-order valence-electron chi connectivity index (χ1n) is 5.62. The molecule has 0 heterocycles. The van der Waals surface area contributed by atoms with Crippen molar-refractivity contribution in [2.45, 2.75) is 58.5 Å². The zero-order valence-electron chi connectivity index (χ0n) is 10.2. The molecule has 0 saturated heterocycles. The molecule has 0 unspecified atom stereocenters. The van der Waals surface area contributed by atoms with Crippen LogP contribution in [-0.4, -0.2) is 23.7 Å². The highest BCUT2D eigenvalue weighted by molar-refractivity contribution is 5.48. The minimum absolute atomic E-state index is 0.278. The van der Waals surface area contributed by atoms with Crippen molar-refractivity contribution in [3.63, 3.8) is 0 Å². The van der Waals surface area contributed by atoms with E-state index in [0.717, 1.165) is 32.0 Å². The molecule has 0 saturated carbocycles. The van der Waals surface area contributed by atoms with Gasteiger partial charge in [-0.05, 0) is 32.2 Å². The number of hydrogen-bond acceptors (Lipinski definition) is 4. The second kappa shape index (κ2) is 11.6. The maximum atomic E-state index is 9.51. The number of aldehydes is 1. The van der Waals surface area contributed by atoms with Crippen molar-refractivity contribution in [2.24, 2.45) is 5.73 Å².